The molecule has 0 saturated heterocycles. The summed E-state index contributed by atoms with van der Waals surface area (Å²) in [6.07, 6.45) is 0. The SMILES string of the molecule is O=c1[nH]c(=O)c2nc3cc(-c4ccc5nc6[nH]c(=O)[nH]c(=O)c6nc5c4)ccc3nc2[nH]1. The number of benzene rings is 2. The maximum atomic E-state index is 12.1. The predicted molar refractivity (Wildman–Crippen MR) is 116 cm³/mol. The lowest BCUT2D eigenvalue weighted by Crippen LogP contribution is -2.23. The summed E-state index contributed by atoms with van der Waals surface area (Å²) in [7, 11) is 0. The maximum absolute atomic E-state index is 12.1. The number of aromatic nitrogens is 8. The highest BCUT2D eigenvalue weighted by atomic mass is 16.2. The van der Waals surface area contributed by atoms with E-state index in [0.29, 0.717) is 22.1 Å². The second kappa shape index (κ2) is 6.25. The predicted octanol–water partition coefficient (Wildman–Crippen LogP) is 0.300. The highest BCUT2D eigenvalue weighted by molar-refractivity contribution is 5.90. The fourth-order valence-corrected chi connectivity index (χ4v) is 3.56. The van der Waals surface area contributed by atoms with Crippen molar-refractivity contribution in [1.29, 1.82) is 0 Å². The number of rotatable bonds is 1. The summed E-state index contributed by atoms with van der Waals surface area (Å²) in [5.41, 5.74) is 1.19. The Hall–Kier alpha value is -5.00. The van der Waals surface area contributed by atoms with Gasteiger partial charge in [-0.2, -0.15) is 0 Å². The largest absolute Gasteiger partial charge is 0.327 e. The summed E-state index contributed by atoms with van der Waals surface area (Å²) in [4.78, 5) is 73.6. The van der Waals surface area contributed by atoms with Gasteiger partial charge in [0.05, 0.1) is 22.1 Å². The van der Waals surface area contributed by atoms with Crippen LogP contribution in [0.4, 0.5) is 0 Å². The van der Waals surface area contributed by atoms with Crippen molar-refractivity contribution in [2.24, 2.45) is 0 Å². The lowest BCUT2D eigenvalue weighted by Gasteiger charge is -2.06. The van der Waals surface area contributed by atoms with Gasteiger partial charge in [0, 0.05) is 0 Å². The minimum absolute atomic E-state index is 0.0262. The zero-order valence-corrected chi connectivity index (χ0v) is 15.9. The molecule has 4 aromatic heterocycles. The van der Waals surface area contributed by atoms with E-state index in [-0.39, 0.29) is 22.3 Å². The molecular formula is C20H10N8O4. The number of aromatic amines is 4. The molecule has 0 bridgehead atoms. The van der Waals surface area contributed by atoms with Crippen molar-refractivity contribution in [2.75, 3.05) is 0 Å². The summed E-state index contributed by atoms with van der Waals surface area (Å²) >= 11 is 0. The van der Waals surface area contributed by atoms with Gasteiger partial charge in [0.2, 0.25) is 0 Å². The second-order valence-electron chi connectivity index (χ2n) is 7.07. The van der Waals surface area contributed by atoms with Gasteiger partial charge in [0.1, 0.15) is 0 Å². The zero-order valence-electron chi connectivity index (χ0n) is 15.9. The molecule has 154 valence electrons. The van der Waals surface area contributed by atoms with Crippen LogP contribution in [0.25, 0.3) is 55.5 Å². The Morgan fingerprint density at radius 1 is 0.500 bits per heavy atom. The maximum Gasteiger partial charge on any atom is 0.327 e. The molecule has 0 aliphatic heterocycles. The fraction of sp³-hybridized carbons (Fsp3) is 0. The van der Waals surface area contributed by atoms with Crippen molar-refractivity contribution in [3.63, 3.8) is 0 Å². The van der Waals surface area contributed by atoms with Crippen LogP contribution in [0.2, 0.25) is 0 Å². The van der Waals surface area contributed by atoms with Gasteiger partial charge >= 0.3 is 11.4 Å². The molecule has 0 saturated carbocycles. The Kier molecular flexibility index (Phi) is 3.48. The third-order valence-electron chi connectivity index (χ3n) is 5.01. The van der Waals surface area contributed by atoms with E-state index in [2.05, 4.69) is 39.9 Å². The Balaban J connectivity index is 1.55. The highest BCUT2D eigenvalue weighted by Crippen LogP contribution is 2.26. The van der Waals surface area contributed by atoms with E-state index in [4.69, 9.17) is 0 Å². The number of H-pyrrole nitrogens is 4. The number of nitrogens with zero attached hydrogens (tertiary/aromatic N) is 4. The third kappa shape index (κ3) is 2.70. The summed E-state index contributed by atoms with van der Waals surface area (Å²) in [6, 6.07) is 10.6. The first-order chi connectivity index (χ1) is 15.4. The molecule has 32 heavy (non-hydrogen) atoms. The van der Waals surface area contributed by atoms with Gasteiger partial charge in [-0.1, -0.05) is 12.1 Å². The average Bonchev–Trinajstić information content (AvgIpc) is 2.76. The lowest BCUT2D eigenvalue weighted by molar-refractivity contribution is 1.05. The van der Waals surface area contributed by atoms with Crippen LogP contribution in [-0.4, -0.2) is 39.9 Å². The second-order valence-corrected chi connectivity index (χ2v) is 7.07. The molecule has 4 N–H and O–H groups in total. The van der Waals surface area contributed by atoms with Gasteiger partial charge in [-0.25, -0.2) is 29.5 Å². The zero-order chi connectivity index (χ0) is 22.0. The van der Waals surface area contributed by atoms with Crippen molar-refractivity contribution >= 4 is 44.4 Å². The van der Waals surface area contributed by atoms with Crippen LogP contribution < -0.4 is 22.5 Å². The van der Waals surface area contributed by atoms with Gasteiger partial charge in [0.25, 0.3) is 11.1 Å². The van der Waals surface area contributed by atoms with Crippen LogP contribution in [0.3, 0.4) is 0 Å². The first-order valence-corrected chi connectivity index (χ1v) is 9.33. The Morgan fingerprint density at radius 3 is 1.38 bits per heavy atom. The fourth-order valence-electron chi connectivity index (χ4n) is 3.56. The van der Waals surface area contributed by atoms with E-state index < -0.39 is 22.5 Å². The van der Waals surface area contributed by atoms with Crippen LogP contribution in [0, 0.1) is 0 Å². The van der Waals surface area contributed by atoms with Gasteiger partial charge in [0.15, 0.2) is 22.3 Å². The summed E-state index contributed by atoms with van der Waals surface area (Å²) in [6.45, 7) is 0. The van der Waals surface area contributed by atoms with E-state index in [9.17, 15) is 19.2 Å². The van der Waals surface area contributed by atoms with Crippen molar-refractivity contribution in [1.82, 2.24) is 39.9 Å². The van der Waals surface area contributed by atoms with Crippen molar-refractivity contribution in [2.45, 2.75) is 0 Å². The van der Waals surface area contributed by atoms with Gasteiger partial charge in [-0.3, -0.25) is 29.5 Å². The monoisotopic (exact) mass is 426 g/mol. The normalized spacial score (nSPS) is 11.6. The van der Waals surface area contributed by atoms with Crippen LogP contribution >= 0.6 is 0 Å². The molecular weight excluding hydrogens is 416 g/mol. The molecule has 6 rings (SSSR count). The van der Waals surface area contributed by atoms with E-state index in [1.54, 1.807) is 24.3 Å². The van der Waals surface area contributed by atoms with E-state index in [1.807, 2.05) is 12.1 Å². The van der Waals surface area contributed by atoms with Gasteiger partial charge in [-0.05, 0) is 35.4 Å². The smallest absolute Gasteiger partial charge is 0.290 e. The first-order valence-electron chi connectivity index (χ1n) is 9.33. The highest BCUT2D eigenvalue weighted by Gasteiger charge is 2.11. The van der Waals surface area contributed by atoms with Crippen molar-refractivity contribution in [3.8, 4) is 11.1 Å². The Bertz CT molecular complexity index is 1840. The minimum Gasteiger partial charge on any atom is -0.290 e. The molecule has 0 aliphatic rings. The number of fused-ring (bicyclic) bond motifs is 4. The van der Waals surface area contributed by atoms with E-state index in [0.717, 1.165) is 11.1 Å². The number of hydrogen-bond donors (Lipinski definition) is 4. The summed E-state index contributed by atoms with van der Waals surface area (Å²) < 4.78 is 0. The molecule has 12 heteroatoms. The van der Waals surface area contributed by atoms with Crippen LogP contribution in [0.1, 0.15) is 0 Å². The molecule has 0 radical (unpaired) electrons. The molecule has 2 aromatic carbocycles. The molecule has 4 heterocycles. The third-order valence-corrected chi connectivity index (χ3v) is 5.01. The summed E-state index contributed by atoms with van der Waals surface area (Å²) in [5.74, 6) is 0. The standard InChI is InChI=1S/C20H10N8O4/c29-17-13-15(25-19(31)27-17)23-9-3-1-7(5-11(9)21-13)8-2-4-10-12(6-8)22-14-16(24-10)26-20(32)28-18(14)30/h1-6H,(H2,23,25,27,29,31)(H2,24,26,28,30,32). The van der Waals surface area contributed by atoms with Crippen LogP contribution in [0.15, 0.2) is 55.6 Å². The lowest BCUT2D eigenvalue weighted by atomic mass is 10.0. The molecule has 0 fully saturated rings. The quantitative estimate of drug-likeness (QED) is 0.271. The Morgan fingerprint density at radius 2 is 0.938 bits per heavy atom. The first kappa shape index (κ1) is 17.8. The molecule has 0 unspecified atom stereocenters. The van der Waals surface area contributed by atoms with Crippen LogP contribution in [0.5, 0.6) is 0 Å². The van der Waals surface area contributed by atoms with Crippen LogP contribution in [-0.2, 0) is 0 Å². The molecule has 0 aliphatic carbocycles. The Labute approximate surface area is 174 Å². The molecule has 6 aromatic rings. The van der Waals surface area contributed by atoms with E-state index in [1.165, 1.54) is 0 Å². The molecule has 0 atom stereocenters. The van der Waals surface area contributed by atoms with Crippen molar-refractivity contribution < 1.29 is 0 Å². The van der Waals surface area contributed by atoms with E-state index >= 15 is 0 Å². The number of hydrogen-bond acceptors (Lipinski definition) is 8. The summed E-state index contributed by atoms with van der Waals surface area (Å²) in [5, 5.41) is 0. The average molecular weight is 426 g/mol. The minimum atomic E-state index is -0.652. The molecule has 0 spiro atoms. The topological polar surface area (TPSA) is 183 Å². The number of nitrogens with one attached hydrogen (secondary N) is 4. The molecule has 12 nitrogen and oxygen atoms in total. The van der Waals surface area contributed by atoms with Gasteiger partial charge in [-0.15, -0.1) is 0 Å². The molecule has 0 amide bonds. The van der Waals surface area contributed by atoms with Crippen molar-refractivity contribution in [3.05, 3.63) is 78.1 Å². The van der Waals surface area contributed by atoms with Gasteiger partial charge < -0.3 is 0 Å².